The molecule has 3 aromatic rings. The van der Waals surface area contributed by atoms with Crippen molar-refractivity contribution in [1.29, 1.82) is 0 Å². The molecule has 2 aromatic heterocycles. The number of aromatic nitrogens is 3. The van der Waals surface area contributed by atoms with Gasteiger partial charge in [0.2, 0.25) is 5.91 Å². The van der Waals surface area contributed by atoms with E-state index in [2.05, 4.69) is 51.4 Å². The number of amides is 2. The summed E-state index contributed by atoms with van der Waals surface area (Å²) in [6.45, 7) is 4.74. The lowest BCUT2D eigenvalue weighted by Gasteiger charge is -2.29. The maximum Gasteiger partial charge on any atom is 0.405 e. The van der Waals surface area contributed by atoms with Crippen LogP contribution in [0.5, 0.6) is 0 Å². The van der Waals surface area contributed by atoms with Crippen LogP contribution in [-0.2, 0) is 18.3 Å². The van der Waals surface area contributed by atoms with E-state index in [1.165, 1.54) is 11.1 Å². The summed E-state index contributed by atoms with van der Waals surface area (Å²) in [5, 5.41) is 11.1. The van der Waals surface area contributed by atoms with Gasteiger partial charge in [0.05, 0.1) is 18.0 Å². The van der Waals surface area contributed by atoms with E-state index in [0.29, 0.717) is 13.1 Å². The van der Waals surface area contributed by atoms with E-state index in [-0.39, 0.29) is 5.91 Å². The largest absolute Gasteiger partial charge is 0.465 e. The van der Waals surface area contributed by atoms with E-state index in [1.54, 1.807) is 24.3 Å². The molecule has 2 N–H and O–H groups in total. The van der Waals surface area contributed by atoms with Crippen molar-refractivity contribution in [1.82, 2.24) is 24.8 Å². The number of pyridine rings is 1. The predicted molar refractivity (Wildman–Crippen MR) is 132 cm³/mol. The first-order valence-electron chi connectivity index (χ1n) is 11.4. The van der Waals surface area contributed by atoms with Gasteiger partial charge in [-0.05, 0) is 48.6 Å². The van der Waals surface area contributed by atoms with Crippen LogP contribution in [-0.4, -0.2) is 62.7 Å². The first-order chi connectivity index (χ1) is 16.3. The van der Waals surface area contributed by atoms with Gasteiger partial charge in [-0.2, -0.15) is 0 Å². The highest BCUT2D eigenvalue weighted by Gasteiger charge is 2.24. The molecule has 3 heterocycles. The number of fused-ring (bicyclic) bond motifs is 1. The Bertz CT molecular complexity index is 1260. The van der Waals surface area contributed by atoms with Crippen LogP contribution in [0.1, 0.15) is 31.4 Å². The van der Waals surface area contributed by atoms with E-state index >= 15 is 0 Å². The maximum atomic E-state index is 12.5. The molecule has 0 bridgehead atoms. The molecule has 0 aliphatic carbocycles. The van der Waals surface area contributed by atoms with Gasteiger partial charge in [0.1, 0.15) is 17.4 Å². The second-order valence-corrected chi connectivity index (χ2v) is 8.58. The summed E-state index contributed by atoms with van der Waals surface area (Å²) >= 11 is 0. The van der Waals surface area contributed by atoms with Crippen molar-refractivity contribution in [3.05, 3.63) is 54.0 Å². The van der Waals surface area contributed by atoms with Crippen molar-refractivity contribution in [2.75, 3.05) is 25.0 Å². The van der Waals surface area contributed by atoms with Crippen LogP contribution >= 0.6 is 0 Å². The lowest BCUT2D eigenvalue weighted by Crippen LogP contribution is -2.47. The zero-order valence-corrected chi connectivity index (χ0v) is 19.9. The summed E-state index contributed by atoms with van der Waals surface area (Å²) in [4.78, 5) is 36.0. The smallest absolute Gasteiger partial charge is 0.405 e. The normalized spacial score (nSPS) is 14.6. The molecule has 1 aliphatic heterocycles. The van der Waals surface area contributed by atoms with Crippen LogP contribution in [0.15, 0.2) is 42.9 Å². The van der Waals surface area contributed by atoms with Crippen LogP contribution in [0, 0.1) is 0 Å². The van der Waals surface area contributed by atoms with Crippen LogP contribution in [0.4, 0.5) is 16.3 Å². The van der Waals surface area contributed by atoms with E-state index in [1.807, 2.05) is 24.7 Å². The van der Waals surface area contributed by atoms with Crippen molar-refractivity contribution in [2.24, 2.45) is 7.05 Å². The molecular weight excluding hydrogens is 432 g/mol. The number of carboxylic acid groups (broad SMARTS) is 1. The number of nitrogens with zero attached hydrogens (tertiary/aromatic N) is 5. The average molecular weight is 463 g/mol. The minimum atomic E-state index is -1.19. The Morgan fingerprint density at radius 3 is 2.74 bits per heavy atom. The zero-order valence-electron chi connectivity index (χ0n) is 19.9. The number of benzene rings is 1. The van der Waals surface area contributed by atoms with Crippen LogP contribution < -0.4 is 10.2 Å². The number of rotatable bonds is 6. The lowest BCUT2D eigenvalue weighted by molar-refractivity contribution is -0.132. The van der Waals surface area contributed by atoms with Crippen LogP contribution in [0.2, 0.25) is 0 Å². The Morgan fingerprint density at radius 1 is 1.26 bits per heavy atom. The van der Waals surface area contributed by atoms with Crippen LogP contribution in [0.3, 0.4) is 0 Å². The second kappa shape index (κ2) is 9.54. The second-order valence-electron chi connectivity index (χ2n) is 8.58. The molecule has 0 fully saturated rings. The maximum absolute atomic E-state index is 12.5. The Hall–Kier alpha value is -3.88. The fraction of sp³-hybridized carbons (Fsp3) is 0.360. The third-order valence-electron chi connectivity index (χ3n) is 6.36. The molecule has 1 unspecified atom stereocenters. The molecule has 34 heavy (non-hydrogen) atoms. The molecule has 0 radical (unpaired) electrons. The van der Waals surface area contributed by atoms with Crippen molar-refractivity contribution < 1.29 is 14.7 Å². The number of imidazole rings is 1. The number of nitrogens with one attached hydrogen (secondary N) is 1. The fourth-order valence-electron chi connectivity index (χ4n) is 4.37. The average Bonchev–Trinajstić information content (AvgIpc) is 3.22. The molecular formula is C25H30N6O3. The molecule has 4 rings (SSSR count). The summed E-state index contributed by atoms with van der Waals surface area (Å²) in [7, 11) is 4.00. The van der Waals surface area contributed by atoms with Gasteiger partial charge in [-0.25, -0.2) is 14.8 Å². The predicted octanol–water partition coefficient (Wildman–Crippen LogP) is 3.57. The molecule has 0 saturated heterocycles. The summed E-state index contributed by atoms with van der Waals surface area (Å²) in [5.74, 6) is 0.649. The third kappa shape index (κ3) is 4.59. The van der Waals surface area contributed by atoms with Crippen molar-refractivity contribution in [3.63, 3.8) is 0 Å². The van der Waals surface area contributed by atoms with Gasteiger partial charge in [0.25, 0.3) is 0 Å². The number of carbonyl (C=O) groups is 2. The van der Waals surface area contributed by atoms with E-state index < -0.39 is 12.1 Å². The van der Waals surface area contributed by atoms with Gasteiger partial charge in [0, 0.05) is 38.9 Å². The Labute approximate surface area is 198 Å². The van der Waals surface area contributed by atoms with Gasteiger partial charge >= 0.3 is 6.09 Å². The highest BCUT2D eigenvalue weighted by molar-refractivity contribution is 5.86. The number of carbonyl (C=O) groups excluding carboxylic acids is 1. The molecule has 9 heteroatoms. The first kappa shape index (κ1) is 23.3. The van der Waals surface area contributed by atoms with Crippen molar-refractivity contribution in [3.8, 4) is 0 Å². The van der Waals surface area contributed by atoms with Crippen LogP contribution in [0.25, 0.3) is 16.6 Å². The Balaban J connectivity index is 1.53. The molecule has 1 aliphatic rings. The van der Waals surface area contributed by atoms with Gasteiger partial charge in [-0.1, -0.05) is 19.1 Å². The molecule has 2 amide bonds. The molecule has 178 valence electrons. The lowest BCUT2D eigenvalue weighted by atomic mass is 9.95. The molecule has 0 saturated carbocycles. The monoisotopic (exact) mass is 462 g/mol. The van der Waals surface area contributed by atoms with E-state index in [0.717, 1.165) is 40.9 Å². The summed E-state index contributed by atoms with van der Waals surface area (Å²) in [6.07, 6.45) is 6.05. The number of anilines is 2. The minimum Gasteiger partial charge on any atom is -0.465 e. The van der Waals surface area contributed by atoms with E-state index in [9.17, 15) is 9.59 Å². The topological polar surface area (TPSA) is 104 Å². The molecule has 0 spiro atoms. The summed E-state index contributed by atoms with van der Waals surface area (Å²) in [5.41, 5.74) is 6.56. The number of hydrogen-bond acceptors (Lipinski definition) is 5. The van der Waals surface area contributed by atoms with Gasteiger partial charge in [0.15, 0.2) is 0 Å². The van der Waals surface area contributed by atoms with Crippen molar-refractivity contribution in [2.45, 2.75) is 32.7 Å². The van der Waals surface area contributed by atoms with Crippen molar-refractivity contribution >= 4 is 40.1 Å². The standard InChI is InChI=1S/C25H30N6O3/c1-5-17-12-19(18-8-10-31(11-9-18)24(32)16(2)28-25(33)34)6-7-21(17)30(4)23-13-22-20(14-26-23)27-15-29(22)3/h6-8,12-16,28H,5,9-11H2,1-4H3,(H,33,34). The molecule has 1 aromatic carbocycles. The molecule has 1 atom stereocenters. The van der Waals surface area contributed by atoms with Gasteiger partial charge in [-0.15, -0.1) is 0 Å². The first-order valence-corrected chi connectivity index (χ1v) is 11.4. The summed E-state index contributed by atoms with van der Waals surface area (Å²) < 4.78 is 1.99. The Morgan fingerprint density at radius 2 is 2.06 bits per heavy atom. The van der Waals surface area contributed by atoms with Gasteiger partial charge in [-0.3, -0.25) is 4.79 Å². The minimum absolute atomic E-state index is 0.207. The number of aryl methyl sites for hydroxylation is 2. The Kier molecular flexibility index (Phi) is 6.54. The third-order valence-corrected chi connectivity index (χ3v) is 6.36. The summed E-state index contributed by atoms with van der Waals surface area (Å²) in [6, 6.07) is 7.75. The fourth-order valence-corrected chi connectivity index (χ4v) is 4.37. The number of hydrogen-bond donors (Lipinski definition) is 2. The quantitative estimate of drug-likeness (QED) is 0.581. The zero-order chi connectivity index (χ0) is 24.4. The highest BCUT2D eigenvalue weighted by atomic mass is 16.4. The molecule has 9 nitrogen and oxygen atoms in total. The SMILES string of the molecule is CCc1cc(C2=CCN(C(=O)C(C)NC(=O)O)CC2)ccc1N(C)c1cc2c(cn1)ncn2C. The highest BCUT2D eigenvalue weighted by Crippen LogP contribution is 2.32. The van der Waals surface area contributed by atoms with E-state index in [4.69, 9.17) is 5.11 Å². The van der Waals surface area contributed by atoms with Gasteiger partial charge < -0.3 is 24.8 Å².